The maximum atomic E-state index is 6.45. The van der Waals surface area contributed by atoms with E-state index in [1.807, 2.05) is 12.1 Å². The molecular formula is C26H37O4P. The molecular weight excluding hydrogens is 407 g/mol. The lowest BCUT2D eigenvalue weighted by atomic mass is 9.93. The molecule has 0 amide bonds. The third kappa shape index (κ3) is 4.93. The number of rotatable bonds is 8. The van der Waals surface area contributed by atoms with Crippen molar-refractivity contribution >= 4 is 13.5 Å². The first kappa shape index (κ1) is 23.0. The smallest absolute Gasteiger partial charge is 0.172 e. The van der Waals surface area contributed by atoms with Gasteiger partial charge in [0.25, 0.3) is 0 Å². The molecule has 5 heteroatoms. The molecule has 1 atom stereocenters. The standard InChI is InChI=1S/C26H37O4P/c1-27-29-25-19-10-9-17-23(25)24-18-11-12-20-26(24,30-28-2)31(21-13-5-3-6-14-21)22-15-7-4-8-16-22/h9-12,17-19,21-22H,3-8,13-16,20H2,1-2H3. The van der Waals surface area contributed by atoms with Crippen molar-refractivity contribution in [3.63, 3.8) is 0 Å². The van der Waals surface area contributed by atoms with Gasteiger partial charge in [0.2, 0.25) is 0 Å². The first-order valence-electron chi connectivity index (χ1n) is 12.0. The van der Waals surface area contributed by atoms with E-state index >= 15 is 0 Å². The van der Waals surface area contributed by atoms with Crippen molar-refractivity contribution < 1.29 is 19.6 Å². The second-order valence-electron chi connectivity index (χ2n) is 8.98. The number of hydrogen-bond acceptors (Lipinski definition) is 4. The highest BCUT2D eigenvalue weighted by Crippen LogP contribution is 2.69. The lowest BCUT2D eigenvalue weighted by Crippen LogP contribution is -2.40. The topological polar surface area (TPSA) is 36.9 Å². The molecule has 3 aliphatic carbocycles. The van der Waals surface area contributed by atoms with Gasteiger partial charge in [0.05, 0.1) is 14.2 Å². The Hall–Kier alpha value is -1.19. The summed E-state index contributed by atoms with van der Waals surface area (Å²) in [5, 5.41) is -0.448. The van der Waals surface area contributed by atoms with E-state index in [2.05, 4.69) is 30.4 Å². The largest absolute Gasteiger partial charge is 0.337 e. The van der Waals surface area contributed by atoms with Gasteiger partial charge in [0.1, 0.15) is 0 Å². The fourth-order valence-corrected chi connectivity index (χ4v) is 10.5. The summed E-state index contributed by atoms with van der Waals surface area (Å²) in [5.74, 6) is 0.734. The zero-order chi connectivity index (χ0) is 21.5. The summed E-state index contributed by atoms with van der Waals surface area (Å²) >= 11 is 0. The van der Waals surface area contributed by atoms with Crippen LogP contribution in [0.2, 0.25) is 0 Å². The third-order valence-corrected chi connectivity index (χ3v) is 11.1. The maximum absolute atomic E-state index is 6.45. The van der Waals surface area contributed by atoms with Gasteiger partial charge in [-0.25, -0.2) is 9.78 Å². The Kier molecular flexibility index (Phi) is 8.23. The number of allylic oxidation sites excluding steroid dienone is 2. The molecule has 0 radical (unpaired) electrons. The molecule has 0 saturated heterocycles. The van der Waals surface area contributed by atoms with Crippen LogP contribution in [0.3, 0.4) is 0 Å². The van der Waals surface area contributed by atoms with E-state index in [1.54, 1.807) is 14.2 Å². The van der Waals surface area contributed by atoms with Crippen molar-refractivity contribution in [3.05, 3.63) is 48.1 Å². The highest BCUT2D eigenvalue weighted by atomic mass is 31.1. The summed E-state index contributed by atoms with van der Waals surface area (Å²) in [6.07, 6.45) is 20.9. The van der Waals surface area contributed by atoms with Gasteiger partial charge < -0.3 is 4.89 Å². The molecule has 4 nitrogen and oxygen atoms in total. The van der Waals surface area contributed by atoms with Crippen LogP contribution in [0.25, 0.3) is 5.57 Å². The van der Waals surface area contributed by atoms with E-state index < -0.39 is 13.3 Å². The molecule has 4 rings (SSSR count). The van der Waals surface area contributed by atoms with Crippen molar-refractivity contribution in [1.82, 2.24) is 0 Å². The minimum absolute atomic E-state index is 0.448. The first-order chi connectivity index (χ1) is 15.3. The van der Waals surface area contributed by atoms with Crippen molar-refractivity contribution in [2.75, 3.05) is 14.2 Å². The van der Waals surface area contributed by atoms with Crippen molar-refractivity contribution in [3.8, 4) is 5.75 Å². The minimum atomic E-state index is -0.453. The van der Waals surface area contributed by atoms with Crippen LogP contribution < -0.4 is 4.89 Å². The van der Waals surface area contributed by atoms with Crippen LogP contribution >= 0.6 is 7.92 Å². The summed E-state index contributed by atoms with van der Waals surface area (Å²) < 4.78 is 0. The van der Waals surface area contributed by atoms with E-state index in [1.165, 1.54) is 69.8 Å². The van der Waals surface area contributed by atoms with E-state index in [4.69, 9.17) is 19.6 Å². The fraction of sp³-hybridized carbons (Fsp3) is 0.615. The van der Waals surface area contributed by atoms with E-state index in [9.17, 15) is 0 Å². The van der Waals surface area contributed by atoms with E-state index in [-0.39, 0.29) is 0 Å². The van der Waals surface area contributed by atoms with Gasteiger partial charge in [-0.05, 0) is 43.1 Å². The van der Waals surface area contributed by atoms with Crippen molar-refractivity contribution in [2.45, 2.75) is 87.3 Å². The Balaban J connectivity index is 1.81. The first-order valence-corrected chi connectivity index (χ1v) is 13.5. The molecule has 0 aliphatic heterocycles. The molecule has 2 saturated carbocycles. The quantitative estimate of drug-likeness (QED) is 0.238. The summed E-state index contributed by atoms with van der Waals surface area (Å²) in [5.41, 5.74) is 3.69. The molecule has 1 aromatic rings. The second kappa shape index (κ2) is 11.1. The monoisotopic (exact) mass is 444 g/mol. The summed E-state index contributed by atoms with van der Waals surface area (Å²) in [4.78, 5) is 22.7. The van der Waals surface area contributed by atoms with Crippen molar-refractivity contribution in [1.29, 1.82) is 0 Å². The predicted molar refractivity (Wildman–Crippen MR) is 127 cm³/mol. The number of para-hydroxylation sites is 1. The predicted octanol–water partition coefficient (Wildman–Crippen LogP) is 7.39. The SMILES string of the molecule is COOc1ccccc1C1=CC=CCC1(OOC)P(C1CCCCC1)C1CCCCC1. The van der Waals surface area contributed by atoms with Gasteiger partial charge in [-0.15, -0.1) is 0 Å². The summed E-state index contributed by atoms with van der Waals surface area (Å²) in [6, 6.07) is 8.15. The van der Waals surface area contributed by atoms with Gasteiger partial charge in [-0.2, -0.15) is 4.89 Å². The highest BCUT2D eigenvalue weighted by Gasteiger charge is 2.51. The van der Waals surface area contributed by atoms with E-state index in [0.29, 0.717) is 0 Å². The van der Waals surface area contributed by atoms with E-state index in [0.717, 1.165) is 29.1 Å². The third-order valence-electron chi connectivity index (χ3n) is 7.14. The molecule has 3 aliphatic rings. The maximum Gasteiger partial charge on any atom is 0.172 e. The highest BCUT2D eigenvalue weighted by molar-refractivity contribution is 7.61. The van der Waals surface area contributed by atoms with Gasteiger partial charge in [-0.1, -0.05) is 82.9 Å². The fourth-order valence-electron chi connectivity index (χ4n) is 5.89. The van der Waals surface area contributed by atoms with Crippen LogP contribution in [-0.4, -0.2) is 30.9 Å². The van der Waals surface area contributed by atoms with Crippen LogP contribution in [0.1, 0.15) is 76.2 Å². The normalized spacial score (nSPS) is 25.6. The molecule has 2 fully saturated rings. The molecule has 0 N–H and O–H groups in total. The van der Waals surface area contributed by atoms with Gasteiger partial charge in [0, 0.05) is 17.6 Å². The summed E-state index contributed by atoms with van der Waals surface area (Å²) in [7, 11) is 2.78. The van der Waals surface area contributed by atoms with Crippen LogP contribution in [0.15, 0.2) is 42.5 Å². The lowest BCUT2D eigenvalue weighted by Gasteiger charge is -2.50. The second-order valence-corrected chi connectivity index (χ2v) is 12.0. The Bertz CT molecular complexity index is 746. The van der Waals surface area contributed by atoms with Crippen LogP contribution in [0, 0.1) is 0 Å². The minimum Gasteiger partial charge on any atom is -0.337 e. The Labute approximate surface area is 188 Å². The zero-order valence-corrected chi connectivity index (χ0v) is 19.9. The Morgan fingerprint density at radius 2 is 1.48 bits per heavy atom. The lowest BCUT2D eigenvalue weighted by molar-refractivity contribution is -0.303. The molecule has 0 aromatic heterocycles. The molecule has 0 spiro atoms. The van der Waals surface area contributed by atoms with Crippen LogP contribution in [0.5, 0.6) is 5.75 Å². The Morgan fingerprint density at radius 3 is 2.10 bits per heavy atom. The van der Waals surface area contributed by atoms with Gasteiger partial charge in [0.15, 0.2) is 11.1 Å². The molecule has 170 valence electrons. The summed E-state index contributed by atoms with van der Waals surface area (Å²) in [6.45, 7) is 0. The molecule has 0 bridgehead atoms. The average Bonchev–Trinajstić information content (AvgIpc) is 2.82. The average molecular weight is 445 g/mol. The zero-order valence-electron chi connectivity index (χ0n) is 19.1. The van der Waals surface area contributed by atoms with Crippen molar-refractivity contribution in [2.24, 2.45) is 0 Å². The molecule has 1 unspecified atom stereocenters. The number of hydrogen-bond donors (Lipinski definition) is 0. The Morgan fingerprint density at radius 1 is 0.839 bits per heavy atom. The van der Waals surface area contributed by atoms with Crippen LogP contribution in [-0.2, 0) is 14.7 Å². The number of benzene rings is 1. The molecule has 1 aromatic carbocycles. The molecule has 0 heterocycles. The van der Waals surface area contributed by atoms with Gasteiger partial charge >= 0.3 is 0 Å². The van der Waals surface area contributed by atoms with Gasteiger partial charge in [-0.3, -0.25) is 0 Å². The van der Waals surface area contributed by atoms with Crippen LogP contribution in [0.4, 0.5) is 0 Å². The molecule has 31 heavy (non-hydrogen) atoms.